The molecule has 1 atom stereocenters. The average Bonchev–Trinajstić information content (AvgIpc) is 1.75. The van der Waals surface area contributed by atoms with Crippen molar-refractivity contribution >= 4 is 0 Å². The SMILES string of the molecule is [CH2]C1CN1. The van der Waals surface area contributed by atoms with Crippen molar-refractivity contribution in [2.75, 3.05) is 6.54 Å². The Hall–Kier alpha value is -0.0400. The molecule has 1 fully saturated rings. The van der Waals surface area contributed by atoms with Crippen LogP contribution in [0.1, 0.15) is 0 Å². The Balaban J connectivity index is 2.17. The first-order valence-corrected chi connectivity index (χ1v) is 1.46. The quantitative estimate of drug-likeness (QED) is 0.381. The summed E-state index contributed by atoms with van der Waals surface area (Å²) >= 11 is 0. The van der Waals surface area contributed by atoms with Gasteiger partial charge in [0.25, 0.3) is 0 Å². The van der Waals surface area contributed by atoms with E-state index in [4.69, 9.17) is 0 Å². The van der Waals surface area contributed by atoms with Crippen LogP contribution in [0.2, 0.25) is 0 Å². The molecule has 1 aliphatic heterocycles. The molecule has 1 aliphatic rings. The van der Waals surface area contributed by atoms with Gasteiger partial charge in [-0.25, -0.2) is 0 Å². The van der Waals surface area contributed by atoms with Crippen molar-refractivity contribution in [2.45, 2.75) is 6.04 Å². The first-order chi connectivity index (χ1) is 1.89. The molecule has 1 saturated heterocycles. The van der Waals surface area contributed by atoms with Gasteiger partial charge in [-0.3, -0.25) is 0 Å². The van der Waals surface area contributed by atoms with Crippen LogP contribution in [0.3, 0.4) is 0 Å². The summed E-state index contributed by atoms with van der Waals surface area (Å²) in [6.07, 6.45) is 0. The van der Waals surface area contributed by atoms with Crippen LogP contribution in [0.5, 0.6) is 0 Å². The van der Waals surface area contributed by atoms with Gasteiger partial charge in [0, 0.05) is 12.6 Å². The Morgan fingerprint density at radius 1 is 2.00 bits per heavy atom. The molecule has 4 heavy (non-hydrogen) atoms. The molecule has 0 bridgehead atoms. The van der Waals surface area contributed by atoms with Crippen LogP contribution >= 0.6 is 0 Å². The van der Waals surface area contributed by atoms with Gasteiger partial charge in [-0.2, -0.15) is 0 Å². The summed E-state index contributed by atoms with van der Waals surface area (Å²) in [6, 6.07) is 0.583. The highest BCUT2D eigenvalue weighted by atomic mass is 15.1. The topological polar surface area (TPSA) is 21.9 Å². The molecule has 0 aliphatic carbocycles. The Labute approximate surface area is 26.0 Å². The number of nitrogens with one attached hydrogen (secondary N) is 1. The lowest BCUT2D eigenvalue weighted by Gasteiger charge is -1.52. The molecular formula is C3H6N. The lowest BCUT2D eigenvalue weighted by molar-refractivity contribution is 1.21. The predicted octanol–water partition coefficient (Wildman–Crippen LogP) is -0.208. The van der Waals surface area contributed by atoms with Gasteiger partial charge in [-0.05, 0) is 6.92 Å². The lowest BCUT2D eigenvalue weighted by Crippen LogP contribution is -1.73. The van der Waals surface area contributed by atoms with Gasteiger partial charge >= 0.3 is 0 Å². The second-order valence-corrected chi connectivity index (χ2v) is 1.11. The van der Waals surface area contributed by atoms with Gasteiger partial charge in [0.05, 0.1) is 0 Å². The fraction of sp³-hybridized carbons (Fsp3) is 0.667. The summed E-state index contributed by atoms with van der Waals surface area (Å²) < 4.78 is 0. The molecule has 0 aromatic heterocycles. The van der Waals surface area contributed by atoms with Gasteiger partial charge in [0.2, 0.25) is 0 Å². The van der Waals surface area contributed by atoms with E-state index in [0.717, 1.165) is 6.54 Å². The van der Waals surface area contributed by atoms with E-state index in [2.05, 4.69) is 12.2 Å². The number of hydrogen-bond donors (Lipinski definition) is 1. The fourth-order valence-corrected chi connectivity index (χ4v) is 0.0833. The molecule has 1 nitrogen and oxygen atoms in total. The molecule has 1 heteroatoms. The molecular weight excluding hydrogens is 50.0 g/mol. The Bertz CT molecular complexity index is 22.5. The fourth-order valence-electron chi connectivity index (χ4n) is 0.0833. The van der Waals surface area contributed by atoms with Crippen LogP contribution in [0.25, 0.3) is 0 Å². The van der Waals surface area contributed by atoms with Crippen LogP contribution in [0.4, 0.5) is 0 Å². The van der Waals surface area contributed by atoms with Gasteiger partial charge in [-0.1, -0.05) is 0 Å². The minimum absolute atomic E-state index is 0.583. The summed E-state index contributed by atoms with van der Waals surface area (Å²) in [5.41, 5.74) is 0. The highest BCUT2D eigenvalue weighted by molar-refractivity contribution is 4.84. The zero-order chi connectivity index (χ0) is 2.99. The monoisotopic (exact) mass is 56.1 g/mol. The third-order valence-electron chi connectivity index (χ3n) is 0.493. The second kappa shape index (κ2) is 0.462. The predicted molar refractivity (Wildman–Crippen MR) is 17.1 cm³/mol. The smallest absolute Gasteiger partial charge is 0.0193 e. The third-order valence-corrected chi connectivity index (χ3v) is 0.493. The minimum atomic E-state index is 0.583. The van der Waals surface area contributed by atoms with E-state index < -0.39 is 0 Å². The number of rotatable bonds is 0. The summed E-state index contributed by atoms with van der Waals surface area (Å²) in [7, 11) is 0. The minimum Gasteiger partial charge on any atom is -0.311 e. The molecule has 0 amide bonds. The van der Waals surface area contributed by atoms with E-state index in [9.17, 15) is 0 Å². The Morgan fingerprint density at radius 3 is 2.25 bits per heavy atom. The third kappa shape index (κ3) is 0.206. The van der Waals surface area contributed by atoms with Gasteiger partial charge in [-0.15, -0.1) is 0 Å². The second-order valence-electron chi connectivity index (χ2n) is 1.11. The maximum absolute atomic E-state index is 3.64. The van der Waals surface area contributed by atoms with Crippen molar-refractivity contribution in [3.63, 3.8) is 0 Å². The average molecular weight is 56.1 g/mol. The van der Waals surface area contributed by atoms with Crippen LogP contribution in [0.15, 0.2) is 0 Å². The van der Waals surface area contributed by atoms with E-state index in [1.807, 2.05) is 0 Å². The molecule has 23 valence electrons. The summed E-state index contributed by atoms with van der Waals surface area (Å²) in [5, 5.41) is 2.99. The molecule has 1 heterocycles. The van der Waals surface area contributed by atoms with E-state index in [-0.39, 0.29) is 0 Å². The molecule has 0 spiro atoms. The van der Waals surface area contributed by atoms with Crippen LogP contribution in [-0.2, 0) is 0 Å². The Kier molecular flexibility index (Phi) is 0.256. The maximum atomic E-state index is 3.64. The molecule has 1 radical (unpaired) electrons. The van der Waals surface area contributed by atoms with Gasteiger partial charge in [0.1, 0.15) is 0 Å². The first kappa shape index (κ1) is 2.21. The summed E-state index contributed by atoms with van der Waals surface area (Å²) in [5.74, 6) is 0. The zero-order valence-electron chi connectivity index (χ0n) is 2.49. The highest BCUT2D eigenvalue weighted by Crippen LogP contribution is 1.88. The van der Waals surface area contributed by atoms with Crippen LogP contribution in [-0.4, -0.2) is 12.6 Å². The molecule has 1 unspecified atom stereocenters. The molecule has 1 N–H and O–H groups in total. The van der Waals surface area contributed by atoms with Crippen molar-refractivity contribution in [1.29, 1.82) is 0 Å². The van der Waals surface area contributed by atoms with Gasteiger partial charge < -0.3 is 5.32 Å². The zero-order valence-corrected chi connectivity index (χ0v) is 2.49. The van der Waals surface area contributed by atoms with Crippen molar-refractivity contribution in [3.8, 4) is 0 Å². The highest BCUT2D eigenvalue weighted by Gasteiger charge is 2.10. The van der Waals surface area contributed by atoms with Crippen LogP contribution in [0, 0.1) is 6.92 Å². The van der Waals surface area contributed by atoms with Crippen molar-refractivity contribution in [3.05, 3.63) is 6.92 Å². The van der Waals surface area contributed by atoms with E-state index in [1.54, 1.807) is 0 Å². The van der Waals surface area contributed by atoms with Crippen molar-refractivity contribution < 1.29 is 0 Å². The maximum Gasteiger partial charge on any atom is 0.0193 e. The van der Waals surface area contributed by atoms with Crippen molar-refractivity contribution in [2.24, 2.45) is 0 Å². The molecule has 1 rings (SSSR count). The molecule has 0 aromatic rings. The molecule has 0 aromatic carbocycles. The van der Waals surface area contributed by atoms with E-state index >= 15 is 0 Å². The summed E-state index contributed by atoms with van der Waals surface area (Å²) in [6.45, 7) is 4.76. The first-order valence-electron chi connectivity index (χ1n) is 1.46. The van der Waals surface area contributed by atoms with E-state index in [1.165, 1.54) is 0 Å². The van der Waals surface area contributed by atoms with Crippen LogP contribution < -0.4 is 5.32 Å². The lowest BCUT2D eigenvalue weighted by atomic mass is 10.6. The van der Waals surface area contributed by atoms with Crippen molar-refractivity contribution in [1.82, 2.24) is 5.32 Å². The van der Waals surface area contributed by atoms with E-state index in [0.29, 0.717) is 6.04 Å². The summed E-state index contributed by atoms with van der Waals surface area (Å²) in [4.78, 5) is 0. The largest absolute Gasteiger partial charge is 0.311 e. The van der Waals surface area contributed by atoms with Gasteiger partial charge in [0.15, 0.2) is 0 Å². The standard InChI is InChI=1S/C3H6N/c1-3-2-4-3/h3-4H,1-2H2. The molecule has 0 saturated carbocycles. The normalized spacial score (nSPS) is 39.8. The number of hydrogen-bond acceptors (Lipinski definition) is 1. The Morgan fingerprint density at radius 2 is 2.25 bits per heavy atom.